The molecule has 0 amide bonds. The molecule has 0 aromatic heterocycles. The first-order valence-electron chi connectivity index (χ1n) is 6.71. The van der Waals surface area contributed by atoms with E-state index in [0.717, 1.165) is 27.5 Å². The van der Waals surface area contributed by atoms with E-state index in [9.17, 15) is 4.79 Å². The average molecular weight is 270 g/mol. The predicted octanol–water partition coefficient (Wildman–Crippen LogP) is 2.88. The Morgan fingerprint density at radius 2 is 1.75 bits per heavy atom. The van der Waals surface area contributed by atoms with Crippen molar-refractivity contribution in [3.63, 3.8) is 0 Å². The van der Waals surface area contributed by atoms with Crippen molar-refractivity contribution >= 4 is 16.6 Å². The van der Waals surface area contributed by atoms with Crippen LogP contribution in [0.3, 0.4) is 0 Å². The van der Waals surface area contributed by atoms with Gasteiger partial charge in [-0.2, -0.15) is 0 Å². The van der Waals surface area contributed by atoms with Crippen molar-refractivity contribution in [3.8, 4) is 0 Å². The van der Waals surface area contributed by atoms with E-state index in [0.29, 0.717) is 13.2 Å². The van der Waals surface area contributed by atoms with E-state index >= 15 is 0 Å². The van der Waals surface area contributed by atoms with Gasteiger partial charge in [0.15, 0.2) is 5.78 Å². The van der Waals surface area contributed by atoms with Crippen molar-refractivity contribution in [2.45, 2.75) is 12.3 Å². The number of Topliss-reactive ketones (excluding diaryl/α,β-unsaturated/α-hetero) is 1. The highest BCUT2D eigenvalue weighted by Gasteiger charge is 2.48. The maximum absolute atomic E-state index is 13.0. The summed E-state index contributed by atoms with van der Waals surface area (Å²) in [6, 6.07) is 10.0. The molecule has 0 spiro atoms. The van der Waals surface area contributed by atoms with Crippen molar-refractivity contribution in [2.75, 3.05) is 27.4 Å². The fourth-order valence-corrected chi connectivity index (χ4v) is 3.47. The highest BCUT2D eigenvalue weighted by molar-refractivity contribution is 6.21. The minimum absolute atomic E-state index is 0.107. The van der Waals surface area contributed by atoms with Gasteiger partial charge in [-0.3, -0.25) is 4.79 Å². The Morgan fingerprint density at radius 3 is 2.40 bits per heavy atom. The topological polar surface area (TPSA) is 35.5 Å². The third-order valence-electron chi connectivity index (χ3n) is 4.19. The summed E-state index contributed by atoms with van der Waals surface area (Å²) in [5.74, 6) is 0.107. The van der Waals surface area contributed by atoms with Gasteiger partial charge < -0.3 is 9.47 Å². The van der Waals surface area contributed by atoms with Crippen molar-refractivity contribution < 1.29 is 14.3 Å². The number of methoxy groups -OCH3 is 2. The van der Waals surface area contributed by atoms with Gasteiger partial charge in [-0.05, 0) is 28.8 Å². The van der Waals surface area contributed by atoms with Crippen LogP contribution in [0.2, 0.25) is 0 Å². The molecule has 0 saturated heterocycles. The molecule has 0 unspecified atom stereocenters. The molecule has 2 aromatic carbocycles. The van der Waals surface area contributed by atoms with Crippen molar-refractivity contribution in [1.29, 1.82) is 0 Å². The van der Waals surface area contributed by atoms with Gasteiger partial charge in [-0.15, -0.1) is 0 Å². The van der Waals surface area contributed by atoms with Crippen LogP contribution in [0, 0.1) is 6.92 Å². The fraction of sp³-hybridized carbons (Fsp3) is 0.353. The number of ether oxygens (including phenoxy) is 2. The van der Waals surface area contributed by atoms with Gasteiger partial charge in [-0.1, -0.05) is 30.3 Å². The molecule has 20 heavy (non-hydrogen) atoms. The van der Waals surface area contributed by atoms with E-state index in [2.05, 4.69) is 12.1 Å². The third-order valence-corrected chi connectivity index (χ3v) is 4.19. The Labute approximate surface area is 118 Å². The zero-order valence-corrected chi connectivity index (χ0v) is 12.0. The van der Waals surface area contributed by atoms with Gasteiger partial charge in [0, 0.05) is 19.8 Å². The normalized spacial score (nSPS) is 16.1. The molecule has 1 aliphatic carbocycles. The second kappa shape index (κ2) is 4.69. The number of hydrogen-bond acceptors (Lipinski definition) is 3. The first-order chi connectivity index (χ1) is 9.65. The van der Waals surface area contributed by atoms with Crippen LogP contribution < -0.4 is 0 Å². The molecule has 0 atom stereocenters. The summed E-state index contributed by atoms with van der Waals surface area (Å²) in [5, 5.41) is 2.16. The second-order valence-electron chi connectivity index (χ2n) is 5.44. The van der Waals surface area contributed by atoms with E-state index in [-0.39, 0.29) is 5.78 Å². The first-order valence-corrected chi connectivity index (χ1v) is 6.71. The van der Waals surface area contributed by atoms with Gasteiger partial charge in [0.2, 0.25) is 0 Å². The van der Waals surface area contributed by atoms with E-state index in [1.165, 1.54) is 0 Å². The molecular formula is C17H18O3. The molecule has 0 saturated carbocycles. The van der Waals surface area contributed by atoms with Crippen molar-refractivity contribution in [1.82, 2.24) is 0 Å². The van der Waals surface area contributed by atoms with E-state index in [4.69, 9.17) is 9.47 Å². The Hall–Kier alpha value is -1.71. The molecule has 2 aromatic rings. The van der Waals surface area contributed by atoms with Crippen LogP contribution in [0.25, 0.3) is 10.8 Å². The van der Waals surface area contributed by atoms with E-state index < -0.39 is 5.41 Å². The third kappa shape index (κ3) is 1.57. The van der Waals surface area contributed by atoms with Crippen LogP contribution in [0.15, 0.2) is 30.3 Å². The number of ketones is 1. The summed E-state index contributed by atoms with van der Waals surface area (Å²) in [6.45, 7) is 2.73. The van der Waals surface area contributed by atoms with Gasteiger partial charge in [0.05, 0.1) is 13.2 Å². The zero-order valence-electron chi connectivity index (χ0n) is 12.0. The lowest BCUT2D eigenvalue weighted by atomic mass is 9.79. The van der Waals surface area contributed by atoms with Crippen LogP contribution in [0.4, 0.5) is 0 Å². The SMILES string of the molecule is COCC1(COC)C(=O)c2cccc3ccc(C)c1c23. The molecule has 3 rings (SSSR count). The maximum Gasteiger partial charge on any atom is 0.178 e. The van der Waals surface area contributed by atoms with Crippen LogP contribution in [0.5, 0.6) is 0 Å². The molecule has 3 heteroatoms. The van der Waals surface area contributed by atoms with Crippen LogP contribution in [-0.2, 0) is 14.9 Å². The van der Waals surface area contributed by atoms with Gasteiger partial charge in [-0.25, -0.2) is 0 Å². The first kappa shape index (κ1) is 13.3. The van der Waals surface area contributed by atoms with Crippen LogP contribution in [0.1, 0.15) is 21.5 Å². The highest BCUT2D eigenvalue weighted by Crippen LogP contribution is 2.44. The highest BCUT2D eigenvalue weighted by atomic mass is 16.5. The smallest absolute Gasteiger partial charge is 0.178 e. The minimum atomic E-state index is -0.712. The number of carbonyl (C=O) groups is 1. The summed E-state index contributed by atoms with van der Waals surface area (Å²) in [5.41, 5.74) is 2.26. The van der Waals surface area contributed by atoms with Gasteiger partial charge in [0.25, 0.3) is 0 Å². The number of rotatable bonds is 4. The molecule has 0 radical (unpaired) electrons. The summed E-state index contributed by atoms with van der Waals surface area (Å²) >= 11 is 0. The number of carbonyl (C=O) groups excluding carboxylic acids is 1. The Balaban J connectivity index is 2.38. The monoisotopic (exact) mass is 270 g/mol. The minimum Gasteiger partial charge on any atom is -0.383 e. The number of hydrogen-bond donors (Lipinski definition) is 0. The molecular weight excluding hydrogens is 252 g/mol. The Bertz CT molecular complexity index is 682. The van der Waals surface area contributed by atoms with Crippen molar-refractivity contribution in [3.05, 3.63) is 47.0 Å². The van der Waals surface area contributed by atoms with Gasteiger partial charge >= 0.3 is 0 Å². The number of aryl methyl sites for hydroxylation is 1. The molecule has 0 aliphatic heterocycles. The van der Waals surface area contributed by atoms with Crippen LogP contribution in [-0.4, -0.2) is 33.2 Å². The summed E-state index contributed by atoms with van der Waals surface area (Å²) < 4.78 is 10.7. The molecule has 0 fully saturated rings. The van der Waals surface area contributed by atoms with E-state index in [1.807, 2.05) is 25.1 Å². The summed E-state index contributed by atoms with van der Waals surface area (Å²) in [7, 11) is 3.26. The average Bonchev–Trinajstić information content (AvgIpc) is 2.68. The summed E-state index contributed by atoms with van der Waals surface area (Å²) in [4.78, 5) is 13.0. The van der Waals surface area contributed by atoms with Gasteiger partial charge in [0.1, 0.15) is 5.41 Å². The maximum atomic E-state index is 13.0. The lowest BCUT2D eigenvalue weighted by molar-refractivity contribution is 0.0480. The van der Waals surface area contributed by atoms with Crippen molar-refractivity contribution in [2.24, 2.45) is 0 Å². The quantitative estimate of drug-likeness (QED) is 0.857. The molecule has 3 nitrogen and oxygen atoms in total. The Morgan fingerprint density at radius 1 is 1.05 bits per heavy atom. The molecule has 0 heterocycles. The zero-order chi connectivity index (χ0) is 14.3. The predicted molar refractivity (Wildman–Crippen MR) is 78.4 cm³/mol. The second-order valence-corrected chi connectivity index (χ2v) is 5.44. The largest absolute Gasteiger partial charge is 0.383 e. The lowest BCUT2D eigenvalue weighted by Crippen LogP contribution is -2.42. The van der Waals surface area contributed by atoms with E-state index in [1.54, 1.807) is 14.2 Å². The molecule has 0 bridgehead atoms. The molecule has 1 aliphatic rings. The number of benzene rings is 2. The van der Waals surface area contributed by atoms with Crippen LogP contribution >= 0.6 is 0 Å². The lowest BCUT2D eigenvalue weighted by Gasteiger charge is -2.28. The molecule has 0 N–H and O–H groups in total. The standard InChI is InChI=1S/C17H18O3/c1-11-7-8-12-5-4-6-13-14(12)15(11)17(9-19-2,10-20-3)16(13)18/h4-8H,9-10H2,1-3H3. The fourth-order valence-electron chi connectivity index (χ4n) is 3.47. The Kier molecular flexibility index (Phi) is 3.11. The molecule has 104 valence electrons. The summed E-state index contributed by atoms with van der Waals surface area (Å²) in [6.07, 6.45) is 0.